The highest BCUT2D eigenvalue weighted by Crippen LogP contribution is 2.22. The molecule has 0 bridgehead atoms. The van der Waals surface area contributed by atoms with Crippen LogP contribution in [-0.4, -0.2) is 17.4 Å². The van der Waals surface area contributed by atoms with Crippen LogP contribution in [0.15, 0.2) is 41.1 Å². The Morgan fingerprint density at radius 2 is 2.00 bits per heavy atom. The third-order valence-electron chi connectivity index (χ3n) is 2.97. The van der Waals surface area contributed by atoms with Gasteiger partial charge in [0.25, 0.3) is 5.91 Å². The molecule has 0 unspecified atom stereocenters. The molecular formula is C15H18N2O2. The molecule has 1 aromatic heterocycles. The number of rotatable bonds is 4. The van der Waals surface area contributed by atoms with E-state index in [1.807, 2.05) is 51.1 Å². The van der Waals surface area contributed by atoms with Gasteiger partial charge in [-0.05, 0) is 25.0 Å². The van der Waals surface area contributed by atoms with Crippen molar-refractivity contribution < 1.29 is 9.21 Å². The number of oxazole rings is 1. The van der Waals surface area contributed by atoms with Gasteiger partial charge in [-0.15, -0.1) is 0 Å². The minimum atomic E-state index is -0.144. The summed E-state index contributed by atoms with van der Waals surface area (Å²) in [5.41, 5.74) is 1.57. The van der Waals surface area contributed by atoms with E-state index in [2.05, 4.69) is 4.98 Å². The molecule has 1 amide bonds. The summed E-state index contributed by atoms with van der Waals surface area (Å²) in [5.74, 6) is 0.350. The van der Waals surface area contributed by atoms with Crippen molar-refractivity contribution in [2.75, 3.05) is 11.4 Å². The molecule has 4 heteroatoms. The number of hydrogen-bond acceptors (Lipinski definition) is 3. The summed E-state index contributed by atoms with van der Waals surface area (Å²) in [5, 5.41) is 0. The van der Waals surface area contributed by atoms with Gasteiger partial charge in [-0.2, -0.15) is 0 Å². The van der Waals surface area contributed by atoms with Gasteiger partial charge in [0.1, 0.15) is 0 Å². The van der Waals surface area contributed by atoms with Crippen LogP contribution in [0.25, 0.3) is 0 Å². The molecule has 0 aliphatic heterocycles. The lowest BCUT2D eigenvalue weighted by Gasteiger charge is -2.20. The molecule has 0 radical (unpaired) electrons. The van der Waals surface area contributed by atoms with Crippen LogP contribution in [-0.2, 0) is 0 Å². The number of anilines is 1. The van der Waals surface area contributed by atoms with Crippen LogP contribution in [0.2, 0.25) is 0 Å². The molecule has 0 atom stereocenters. The molecule has 0 saturated heterocycles. The van der Waals surface area contributed by atoms with E-state index in [9.17, 15) is 4.79 Å². The van der Waals surface area contributed by atoms with Crippen molar-refractivity contribution in [1.82, 2.24) is 4.98 Å². The second kappa shape index (κ2) is 5.69. The molecule has 100 valence electrons. The van der Waals surface area contributed by atoms with Gasteiger partial charge in [-0.25, -0.2) is 4.98 Å². The van der Waals surface area contributed by atoms with Gasteiger partial charge in [-0.3, -0.25) is 4.79 Å². The van der Waals surface area contributed by atoms with Gasteiger partial charge in [0.2, 0.25) is 5.76 Å². The first-order chi connectivity index (χ1) is 9.15. The SMILES string of the molecule is CCN(C(=O)c1ocnc1C(C)C)c1ccccc1. The predicted molar refractivity (Wildman–Crippen MR) is 74.4 cm³/mol. The molecule has 0 spiro atoms. The molecule has 0 aliphatic carbocycles. The lowest BCUT2D eigenvalue weighted by Crippen LogP contribution is -2.31. The van der Waals surface area contributed by atoms with Crippen molar-refractivity contribution in [3.05, 3.63) is 48.2 Å². The van der Waals surface area contributed by atoms with Gasteiger partial charge >= 0.3 is 0 Å². The van der Waals surface area contributed by atoms with E-state index >= 15 is 0 Å². The third kappa shape index (κ3) is 2.67. The number of aromatic nitrogens is 1. The Bertz CT molecular complexity index is 546. The first kappa shape index (κ1) is 13.3. The lowest BCUT2D eigenvalue weighted by atomic mass is 10.1. The van der Waals surface area contributed by atoms with Crippen LogP contribution in [0, 0.1) is 0 Å². The molecule has 0 fully saturated rings. The molecule has 0 N–H and O–H groups in total. The minimum Gasteiger partial charge on any atom is -0.438 e. The zero-order chi connectivity index (χ0) is 13.8. The summed E-state index contributed by atoms with van der Waals surface area (Å²) in [6.07, 6.45) is 1.33. The average Bonchev–Trinajstić information content (AvgIpc) is 2.90. The molecule has 0 aliphatic rings. The fourth-order valence-electron chi connectivity index (χ4n) is 2.00. The van der Waals surface area contributed by atoms with Crippen molar-refractivity contribution in [1.29, 1.82) is 0 Å². The number of benzene rings is 1. The average molecular weight is 258 g/mol. The summed E-state index contributed by atoms with van der Waals surface area (Å²) < 4.78 is 5.29. The van der Waals surface area contributed by atoms with E-state index in [-0.39, 0.29) is 11.8 Å². The van der Waals surface area contributed by atoms with Crippen LogP contribution in [0.4, 0.5) is 5.69 Å². The summed E-state index contributed by atoms with van der Waals surface area (Å²) in [6.45, 7) is 6.51. The van der Waals surface area contributed by atoms with Crippen LogP contribution >= 0.6 is 0 Å². The lowest BCUT2D eigenvalue weighted by molar-refractivity contribution is 0.0960. The van der Waals surface area contributed by atoms with Crippen molar-refractivity contribution in [2.45, 2.75) is 26.7 Å². The van der Waals surface area contributed by atoms with E-state index in [0.29, 0.717) is 18.0 Å². The summed E-state index contributed by atoms with van der Waals surface area (Å²) in [4.78, 5) is 18.4. The highest BCUT2D eigenvalue weighted by molar-refractivity contribution is 6.04. The molecule has 0 saturated carbocycles. The largest absolute Gasteiger partial charge is 0.438 e. The smallest absolute Gasteiger partial charge is 0.295 e. The van der Waals surface area contributed by atoms with Gasteiger partial charge in [0, 0.05) is 12.2 Å². The second-order valence-electron chi connectivity index (χ2n) is 4.61. The Hall–Kier alpha value is -2.10. The Morgan fingerprint density at radius 3 is 2.58 bits per heavy atom. The fourth-order valence-corrected chi connectivity index (χ4v) is 2.00. The number of nitrogens with zero attached hydrogens (tertiary/aromatic N) is 2. The highest BCUT2D eigenvalue weighted by atomic mass is 16.3. The van der Waals surface area contributed by atoms with Crippen LogP contribution in [0.5, 0.6) is 0 Å². The van der Waals surface area contributed by atoms with Crippen molar-refractivity contribution >= 4 is 11.6 Å². The predicted octanol–water partition coefficient (Wildman–Crippen LogP) is 3.46. The molecule has 2 aromatic rings. The van der Waals surface area contributed by atoms with E-state index in [4.69, 9.17) is 4.42 Å². The quantitative estimate of drug-likeness (QED) is 0.843. The monoisotopic (exact) mass is 258 g/mol. The minimum absolute atomic E-state index is 0.144. The van der Waals surface area contributed by atoms with Crippen molar-refractivity contribution in [2.24, 2.45) is 0 Å². The normalized spacial score (nSPS) is 10.7. The number of carbonyl (C=O) groups excluding carboxylic acids is 1. The first-order valence-corrected chi connectivity index (χ1v) is 6.45. The van der Waals surface area contributed by atoms with E-state index in [1.165, 1.54) is 6.39 Å². The van der Waals surface area contributed by atoms with E-state index < -0.39 is 0 Å². The maximum absolute atomic E-state index is 12.6. The maximum Gasteiger partial charge on any atom is 0.295 e. The Labute approximate surface area is 113 Å². The third-order valence-corrected chi connectivity index (χ3v) is 2.97. The van der Waals surface area contributed by atoms with E-state index in [1.54, 1.807) is 4.90 Å². The van der Waals surface area contributed by atoms with Gasteiger partial charge < -0.3 is 9.32 Å². The number of para-hydroxylation sites is 1. The molecule has 4 nitrogen and oxygen atoms in total. The van der Waals surface area contributed by atoms with Crippen molar-refractivity contribution in [3.8, 4) is 0 Å². The Balaban J connectivity index is 2.34. The zero-order valence-electron chi connectivity index (χ0n) is 11.5. The molecular weight excluding hydrogens is 240 g/mol. The van der Waals surface area contributed by atoms with Crippen LogP contribution in [0.1, 0.15) is 42.9 Å². The molecule has 19 heavy (non-hydrogen) atoms. The number of carbonyl (C=O) groups is 1. The molecule has 1 aromatic carbocycles. The maximum atomic E-state index is 12.6. The van der Waals surface area contributed by atoms with Gasteiger partial charge in [-0.1, -0.05) is 32.0 Å². The van der Waals surface area contributed by atoms with E-state index in [0.717, 1.165) is 5.69 Å². The van der Waals surface area contributed by atoms with Crippen LogP contribution in [0.3, 0.4) is 0 Å². The highest BCUT2D eigenvalue weighted by Gasteiger charge is 2.24. The Kier molecular flexibility index (Phi) is 4.00. The summed E-state index contributed by atoms with van der Waals surface area (Å²) in [7, 11) is 0. The second-order valence-corrected chi connectivity index (χ2v) is 4.61. The molecule has 1 heterocycles. The molecule has 2 rings (SSSR count). The van der Waals surface area contributed by atoms with Crippen LogP contribution < -0.4 is 4.90 Å². The zero-order valence-corrected chi connectivity index (χ0v) is 11.5. The van der Waals surface area contributed by atoms with Crippen molar-refractivity contribution in [3.63, 3.8) is 0 Å². The fraction of sp³-hybridized carbons (Fsp3) is 0.333. The van der Waals surface area contributed by atoms with Gasteiger partial charge in [0.05, 0.1) is 5.69 Å². The standard InChI is InChI=1S/C15H18N2O2/c1-4-17(12-8-6-5-7-9-12)15(18)14-13(11(2)3)16-10-19-14/h5-11H,4H2,1-3H3. The first-order valence-electron chi connectivity index (χ1n) is 6.45. The topological polar surface area (TPSA) is 46.3 Å². The Morgan fingerprint density at radius 1 is 1.32 bits per heavy atom. The van der Waals surface area contributed by atoms with Gasteiger partial charge in [0.15, 0.2) is 6.39 Å². The summed E-state index contributed by atoms with van der Waals surface area (Å²) in [6, 6.07) is 9.57. The summed E-state index contributed by atoms with van der Waals surface area (Å²) >= 11 is 0. The number of hydrogen-bond donors (Lipinski definition) is 0. The number of amides is 1.